The third-order valence-corrected chi connectivity index (χ3v) is 4.05. The Kier molecular flexibility index (Phi) is 5.41. The van der Waals surface area contributed by atoms with E-state index in [0.29, 0.717) is 0 Å². The number of fused-ring (bicyclic) bond motifs is 1. The van der Waals surface area contributed by atoms with Crippen molar-refractivity contribution in [2.24, 2.45) is 0 Å². The number of esters is 1. The molecule has 2 heterocycles. The molecule has 2 aromatic heterocycles. The second kappa shape index (κ2) is 7.77. The van der Waals surface area contributed by atoms with Crippen molar-refractivity contribution in [2.75, 3.05) is 11.9 Å². The fourth-order valence-electron chi connectivity index (χ4n) is 2.48. The van der Waals surface area contributed by atoms with Crippen molar-refractivity contribution in [3.05, 3.63) is 50.9 Å². The molecule has 0 aliphatic rings. The van der Waals surface area contributed by atoms with Crippen LogP contribution in [0.4, 0.5) is 10.1 Å². The number of ether oxygens (including phenoxy) is 1. The Morgan fingerprint density at radius 3 is 2.82 bits per heavy atom. The Hall–Kier alpha value is -3.27. The van der Waals surface area contributed by atoms with Crippen LogP contribution >= 0.6 is 11.6 Å². The summed E-state index contributed by atoms with van der Waals surface area (Å²) < 4.78 is 24.0. The fourth-order valence-corrected chi connectivity index (χ4v) is 2.66. The molecular weight excluding hydrogens is 395 g/mol. The number of rotatable bonds is 5. The second-order valence-corrected chi connectivity index (χ2v) is 6.07. The topological polar surface area (TPSA) is 116 Å². The predicted octanol–water partition coefficient (Wildman–Crippen LogP) is 2.30. The number of halogens is 2. The maximum atomic E-state index is 13.2. The molecule has 0 fully saturated rings. The number of nitrogens with zero attached hydrogens (tertiary/aromatic N) is 3. The molecule has 1 amide bonds. The van der Waals surface area contributed by atoms with E-state index in [2.05, 4.69) is 15.5 Å². The van der Waals surface area contributed by atoms with E-state index >= 15 is 0 Å². The van der Waals surface area contributed by atoms with Crippen molar-refractivity contribution in [1.29, 1.82) is 0 Å². The number of carbonyl (C=O) groups is 2. The molecule has 0 aliphatic carbocycles. The van der Waals surface area contributed by atoms with Crippen LogP contribution in [0.25, 0.3) is 11.1 Å². The number of anilines is 1. The van der Waals surface area contributed by atoms with Gasteiger partial charge >= 0.3 is 5.97 Å². The molecule has 0 unspecified atom stereocenters. The SMILES string of the molecule is CCOC(=O)c1noc2nc(C)n(CC(=O)Nc3ccc(F)c(Cl)c3)c(=O)c12. The van der Waals surface area contributed by atoms with Crippen molar-refractivity contribution < 1.29 is 23.2 Å². The molecular formula is C17H14ClFN4O5. The second-order valence-electron chi connectivity index (χ2n) is 5.66. The highest BCUT2D eigenvalue weighted by Gasteiger charge is 2.24. The van der Waals surface area contributed by atoms with Crippen LogP contribution in [0.2, 0.25) is 5.02 Å². The normalized spacial score (nSPS) is 10.9. The molecule has 1 N–H and O–H groups in total. The number of aromatic nitrogens is 3. The van der Waals surface area contributed by atoms with Crippen LogP contribution in [0.15, 0.2) is 27.5 Å². The zero-order valence-electron chi connectivity index (χ0n) is 14.8. The van der Waals surface area contributed by atoms with Gasteiger partial charge in [0.05, 0.1) is 11.6 Å². The fraction of sp³-hybridized carbons (Fsp3) is 0.235. The highest BCUT2D eigenvalue weighted by molar-refractivity contribution is 6.31. The molecule has 0 aliphatic heterocycles. The molecule has 3 aromatic rings. The third-order valence-electron chi connectivity index (χ3n) is 3.76. The zero-order valence-corrected chi connectivity index (χ0v) is 15.5. The van der Waals surface area contributed by atoms with Crippen LogP contribution < -0.4 is 10.9 Å². The van der Waals surface area contributed by atoms with E-state index in [4.69, 9.17) is 20.9 Å². The Morgan fingerprint density at radius 1 is 1.39 bits per heavy atom. The predicted molar refractivity (Wildman–Crippen MR) is 96.8 cm³/mol. The van der Waals surface area contributed by atoms with Gasteiger partial charge in [0.2, 0.25) is 11.6 Å². The minimum absolute atomic E-state index is 0.0866. The van der Waals surface area contributed by atoms with Crippen molar-refractivity contribution in [1.82, 2.24) is 14.7 Å². The van der Waals surface area contributed by atoms with Gasteiger partial charge in [-0.1, -0.05) is 16.8 Å². The van der Waals surface area contributed by atoms with Crippen LogP contribution in [0.1, 0.15) is 23.2 Å². The molecule has 3 rings (SSSR count). The van der Waals surface area contributed by atoms with Gasteiger partial charge in [0.1, 0.15) is 23.6 Å². The third kappa shape index (κ3) is 3.72. The first-order chi connectivity index (χ1) is 13.3. The van der Waals surface area contributed by atoms with E-state index in [9.17, 15) is 18.8 Å². The molecule has 9 nitrogen and oxygen atoms in total. The van der Waals surface area contributed by atoms with E-state index in [1.165, 1.54) is 19.1 Å². The van der Waals surface area contributed by atoms with Crippen LogP contribution in [0.5, 0.6) is 0 Å². The zero-order chi connectivity index (χ0) is 20.4. The molecule has 146 valence electrons. The molecule has 0 radical (unpaired) electrons. The van der Waals surface area contributed by atoms with E-state index in [1.807, 2.05) is 0 Å². The summed E-state index contributed by atoms with van der Waals surface area (Å²) in [5.41, 5.74) is -0.867. The highest BCUT2D eigenvalue weighted by atomic mass is 35.5. The molecule has 1 aromatic carbocycles. The largest absolute Gasteiger partial charge is 0.461 e. The summed E-state index contributed by atoms with van der Waals surface area (Å²) in [5.74, 6) is -1.86. The highest BCUT2D eigenvalue weighted by Crippen LogP contribution is 2.19. The lowest BCUT2D eigenvalue weighted by Crippen LogP contribution is -2.30. The van der Waals surface area contributed by atoms with Crippen LogP contribution in [-0.2, 0) is 16.1 Å². The average Bonchev–Trinajstić information content (AvgIpc) is 3.06. The maximum absolute atomic E-state index is 13.2. The van der Waals surface area contributed by atoms with Gasteiger partial charge in [-0.2, -0.15) is 4.98 Å². The molecule has 28 heavy (non-hydrogen) atoms. The van der Waals surface area contributed by atoms with E-state index in [-0.39, 0.29) is 39.9 Å². The van der Waals surface area contributed by atoms with Gasteiger partial charge in [0.15, 0.2) is 0 Å². The summed E-state index contributed by atoms with van der Waals surface area (Å²) in [6.45, 7) is 2.78. The van der Waals surface area contributed by atoms with Gasteiger partial charge in [0, 0.05) is 5.69 Å². The average molecular weight is 409 g/mol. The molecule has 0 bridgehead atoms. The lowest BCUT2D eigenvalue weighted by atomic mass is 10.3. The van der Waals surface area contributed by atoms with Crippen molar-refractivity contribution in [2.45, 2.75) is 20.4 Å². The van der Waals surface area contributed by atoms with Gasteiger partial charge in [-0.25, -0.2) is 9.18 Å². The number of nitrogens with one attached hydrogen (secondary N) is 1. The van der Waals surface area contributed by atoms with Crippen molar-refractivity contribution >= 4 is 40.3 Å². The Bertz CT molecular complexity index is 1140. The number of hydrogen-bond acceptors (Lipinski definition) is 7. The van der Waals surface area contributed by atoms with Gasteiger partial charge in [-0.05, 0) is 32.0 Å². The Labute approximate surface area is 162 Å². The number of amides is 1. The van der Waals surface area contributed by atoms with Crippen molar-refractivity contribution in [3.63, 3.8) is 0 Å². The van der Waals surface area contributed by atoms with E-state index in [1.54, 1.807) is 6.92 Å². The van der Waals surface area contributed by atoms with Gasteiger partial charge < -0.3 is 14.6 Å². The molecule has 0 saturated carbocycles. The number of benzene rings is 1. The molecule has 0 saturated heterocycles. The van der Waals surface area contributed by atoms with E-state index < -0.39 is 29.8 Å². The number of hydrogen-bond donors (Lipinski definition) is 1. The maximum Gasteiger partial charge on any atom is 0.361 e. The Balaban J connectivity index is 1.92. The Morgan fingerprint density at radius 2 is 2.14 bits per heavy atom. The minimum Gasteiger partial charge on any atom is -0.461 e. The van der Waals surface area contributed by atoms with Gasteiger partial charge in [0.25, 0.3) is 11.3 Å². The first-order valence-corrected chi connectivity index (χ1v) is 8.48. The summed E-state index contributed by atoms with van der Waals surface area (Å²) in [4.78, 5) is 41.1. The first-order valence-electron chi connectivity index (χ1n) is 8.10. The van der Waals surface area contributed by atoms with Crippen LogP contribution in [-0.4, -0.2) is 33.2 Å². The molecule has 0 atom stereocenters. The van der Waals surface area contributed by atoms with Crippen molar-refractivity contribution in [3.8, 4) is 0 Å². The van der Waals surface area contributed by atoms with Gasteiger partial charge in [-0.3, -0.25) is 14.2 Å². The number of carbonyl (C=O) groups excluding carboxylic acids is 2. The summed E-state index contributed by atoms with van der Waals surface area (Å²) >= 11 is 5.68. The molecule has 0 spiro atoms. The van der Waals surface area contributed by atoms with Gasteiger partial charge in [-0.15, -0.1) is 0 Å². The van der Waals surface area contributed by atoms with Crippen LogP contribution in [0.3, 0.4) is 0 Å². The van der Waals surface area contributed by atoms with E-state index in [0.717, 1.165) is 10.6 Å². The first kappa shape index (κ1) is 19.5. The molecule has 11 heteroatoms. The van der Waals surface area contributed by atoms with Crippen LogP contribution in [0, 0.1) is 12.7 Å². The summed E-state index contributed by atoms with van der Waals surface area (Å²) in [5, 5.41) is 5.72. The lowest BCUT2D eigenvalue weighted by Gasteiger charge is -2.10. The lowest BCUT2D eigenvalue weighted by molar-refractivity contribution is -0.116. The standard InChI is InChI=1S/C17H14ClFN4O5/c1-3-27-17(26)14-13-15(28-22-14)20-8(2)23(16(13)25)7-12(24)21-9-4-5-11(19)10(18)6-9/h4-6H,3,7H2,1-2H3,(H,21,24). The smallest absolute Gasteiger partial charge is 0.361 e. The minimum atomic E-state index is -0.832. The summed E-state index contributed by atoms with van der Waals surface area (Å²) in [6.07, 6.45) is 0. The monoisotopic (exact) mass is 408 g/mol. The summed E-state index contributed by atoms with van der Waals surface area (Å²) in [7, 11) is 0. The summed E-state index contributed by atoms with van der Waals surface area (Å²) in [6, 6.07) is 3.67. The number of aryl methyl sites for hydroxylation is 1. The quantitative estimate of drug-likeness (QED) is 0.644.